The zero-order valence-corrected chi connectivity index (χ0v) is 10.1. The molecule has 0 aromatic rings. The molecule has 1 heterocycles. The molecule has 0 amide bonds. The molecular weight excluding hydrogens is 228 g/mol. The normalized spacial score (nSPS) is 16.5. The van der Waals surface area contributed by atoms with Gasteiger partial charge in [0, 0.05) is 0 Å². The summed E-state index contributed by atoms with van der Waals surface area (Å²) >= 11 is 8.49. The zero-order valence-electron chi connectivity index (χ0n) is 8.30. The number of hydrogen-bond acceptors (Lipinski definition) is 5. The molecule has 0 unspecified atom stereocenters. The Kier molecular flexibility index (Phi) is 4.16. The van der Waals surface area contributed by atoms with Crippen molar-refractivity contribution < 1.29 is 0 Å². The summed E-state index contributed by atoms with van der Waals surface area (Å²) in [5.41, 5.74) is 6.23. The Hall–Kier alpha value is -1.01. The third-order valence-corrected chi connectivity index (χ3v) is 2.61. The lowest BCUT2D eigenvalue weighted by Crippen LogP contribution is -2.42. The minimum absolute atomic E-state index is 0.460. The van der Waals surface area contributed by atoms with Crippen LogP contribution in [0.15, 0.2) is 41.1 Å². The van der Waals surface area contributed by atoms with Crippen LogP contribution in [0.25, 0.3) is 0 Å². The van der Waals surface area contributed by atoms with Gasteiger partial charge in [-0.15, -0.1) is 43.5 Å². The summed E-state index contributed by atoms with van der Waals surface area (Å²) in [6.45, 7) is 8.47. The lowest BCUT2D eigenvalue weighted by Gasteiger charge is -2.36. The van der Waals surface area contributed by atoms with Crippen molar-refractivity contribution in [3.63, 3.8) is 0 Å². The number of hydrazine groups is 1. The van der Waals surface area contributed by atoms with E-state index in [-0.39, 0.29) is 0 Å². The Morgan fingerprint density at radius 2 is 1.87 bits per heavy atom. The van der Waals surface area contributed by atoms with E-state index >= 15 is 0 Å². The summed E-state index contributed by atoms with van der Waals surface area (Å²) in [6.07, 6.45) is 3.49. The summed E-state index contributed by atoms with van der Waals surface area (Å²) in [7, 11) is 0. The van der Waals surface area contributed by atoms with Gasteiger partial charge in [-0.2, -0.15) is 5.12 Å². The summed E-state index contributed by atoms with van der Waals surface area (Å²) < 4.78 is 0. The van der Waals surface area contributed by atoms with E-state index in [1.807, 2.05) is 0 Å². The fourth-order valence-corrected chi connectivity index (χ4v) is 1.71. The van der Waals surface area contributed by atoms with Gasteiger partial charge < -0.3 is 5.73 Å². The average molecular weight is 242 g/mol. The van der Waals surface area contributed by atoms with Gasteiger partial charge in [-0.3, -0.25) is 5.01 Å². The van der Waals surface area contributed by atoms with Crippen molar-refractivity contribution in [2.75, 3.05) is 13.1 Å². The van der Waals surface area contributed by atoms with Gasteiger partial charge in [0.15, 0.2) is 0 Å². The highest BCUT2D eigenvalue weighted by Gasteiger charge is 2.22. The van der Waals surface area contributed by atoms with Crippen molar-refractivity contribution in [1.29, 1.82) is 0 Å². The van der Waals surface area contributed by atoms with Crippen molar-refractivity contribution in [2.45, 2.75) is 0 Å². The van der Waals surface area contributed by atoms with Crippen LogP contribution >= 0.6 is 25.3 Å². The topological polar surface area (TPSA) is 44.9 Å². The Bertz CT molecular complexity index is 335. The molecule has 0 aliphatic carbocycles. The minimum Gasteiger partial charge on any atom is -0.394 e. The van der Waals surface area contributed by atoms with Crippen LogP contribution in [-0.4, -0.2) is 28.3 Å². The van der Waals surface area contributed by atoms with Gasteiger partial charge in [-0.1, -0.05) is 12.2 Å². The van der Waals surface area contributed by atoms with Crippen LogP contribution in [0.5, 0.6) is 0 Å². The van der Waals surface area contributed by atoms with Crippen molar-refractivity contribution >= 4 is 30.3 Å². The molecule has 4 nitrogen and oxygen atoms in total. The first-order chi connectivity index (χ1) is 7.11. The quantitative estimate of drug-likeness (QED) is 0.512. The average Bonchev–Trinajstić information content (AvgIpc) is 2.21. The Morgan fingerprint density at radius 3 is 2.40 bits per heavy atom. The van der Waals surface area contributed by atoms with Crippen LogP contribution in [0.2, 0.25) is 0 Å². The molecule has 0 radical (unpaired) electrons. The van der Waals surface area contributed by atoms with Gasteiger partial charge >= 0.3 is 0 Å². The molecule has 1 aliphatic heterocycles. The molecule has 15 heavy (non-hydrogen) atoms. The number of nitrogens with two attached hydrogens (primary N) is 1. The molecule has 6 heteroatoms. The van der Waals surface area contributed by atoms with Gasteiger partial charge in [0.1, 0.15) is 10.1 Å². The first-order valence-electron chi connectivity index (χ1n) is 4.35. The maximum atomic E-state index is 5.77. The Morgan fingerprint density at radius 1 is 1.27 bits per heavy atom. The standard InChI is InChI=1S/C9H14N4S2/c1-3-5-12-9(15)7(10)8(14)11-13(12)6-4-2/h3-4,15H,1-2,5-6,10H2,(H,11,14). The molecule has 0 atom stereocenters. The van der Waals surface area contributed by atoms with E-state index in [1.54, 1.807) is 22.3 Å². The highest BCUT2D eigenvalue weighted by atomic mass is 32.1. The lowest BCUT2D eigenvalue weighted by molar-refractivity contribution is 0.0409. The van der Waals surface area contributed by atoms with E-state index < -0.39 is 0 Å². The molecule has 0 fully saturated rings. The van der Waals surface area contributed by atoms with Gasteiger partial charge in [0.25, 0.3) is 0 Å². The second kappa shape index (κ2) is 5.18. The fourth-order valence-electron chi connectivity index (χ4n) is 1.12. The molecular formula is C9H14N4S2. The maximum Gasteiger partial charge on any atom is 0.141 e. The van der Waals surface area contributed by atoms with E-state index in [2.05, 4.69) is 43.5 Å². The number of rotatable bonds is 4. The molecule has 0 saturated carbocycles. The van der Waals surface area contributed by atoms with Crippen LogP contribution in [0.1, 0.15) is 0 Å². The lowest BCUT2D eigenvalue weighted by atomic mass is 10.4. The Labute approximate surface area is 101 Å². The van der Waals surface area contributed by atoms with E-state index in [0.717, 1.165) is 0 Å². The van der Waals surface area contributed by atoms with Crippen LogP contribution in [0.4, 0.5) is 0 Å². The SMILES string of the molecule is C=CCN1N=C(S)C(N)=C(S)N1CC=C. The second-order valence-electron chi connectivity index (χ2n) is 2.88. The maximum absolute atomic E-state index is 5.77. The second-order valence-corrected chi connectivity index (χ2v) is 3.72. The number of thiol groups is 2. The van der Waals surface area contributed by atoms with E-state index in [1.165, 1.54) is 0 Å². The van der Waals surface area contributed by atoms with Crippen LogP contribution < -0.4 is 5.73 Å². The summed E-state index contributed by atoms with van der Waals surface area (Å²) in [6, 6.07) is 0. The number of hydrazone groups is 1. The van der Waals surface area contributed by atoms with Crippen molar-refractivity contribution in [3.05, 3.63) is 36.0 Å². The highest BCUT2D eigenvalue weighted by Crippen LogP contribution is 2.22. The molecule has 0 saturated heterocycles. The Balaban J connectivity index is 2.99. The van der Waals surface area contributed by atoms with Crippen LogP contribution in [-0.2, 0) is 0 Å². The smallest absolute Gasteiger partial charge is 0.141 e. The molecule has 0 spiro atoms. The van der Waals surface area contributed by atoms with Crippen molar-refractivity contribution in [1.82, 2.24) is 10.1 Å². The fraction of sp³-hybridized carbons (Fsp3) is 0.222. The molecule has 82 valence electrons. The third kappa shape index (κ3) is 2.51. The molecule has 0 bridgehead atoms. The monoisotopic (exact) mass is 242 g/mol. The number of nitrogens with zero attached hydrogens (tertiary/aromatic N) is 3. The number of hydrogen-bond donors (Lipinski definition) is 3. The molecule has 0 aromatic heterocycles. The molecule has 0 aromatic carbocycles. The van der Waals surface area contributed by atoms with E-state index in [9.17, 15) is 0 Å². The summed E-state index contributed by atoms with van der Waals surface area (Å²) in [5.74, 6) is 0. The van der Waals surface area contributed by atoms with Gasteiger partial charge in [0.05, 0.1) is 18.8 Å². The first kappa shape index (κ1) is 12.1. The van der Waals surface area contributed by atoms with Crippen LogP contribution in [0.3, 0.4) is 0 Å². The zero-order chi connectivity index (χ0) is 11.4. The molecule has 1 aliphatic rings. The highest BCUT2D eigenvalue weighted by molar-refractivity contribution is 7.97. The van der Waals surface area contributed by atoms with Crippen molar-refractivity contribution in [3.8, 4) is 0 Å². The minimum atomic E-state index is 0.460. The van der Waals surface area contributed by atoms with Crippen LogP contribution in [0, 0.1) is 0 Å². The van der Waals surface area contributed by atoms with E-state index in [0.29, 0.717) is 28.9 Å². The van der Waals surface area contributed by atoms with Crippen molar-refractivity contribution in [2.24, 2.45) is 10.8 Å². The third-order valence-electron chi connectivity index (χ3n) is 1.81. The van der Waals surface area contributed by atoms with Gasteiger partial charge in [-0.25, -0.2) is 0 Å². The predicted molar refractivity (Wildman–Crippen MR) is 70.4 cm³/mol. The van der Waals surface area contributed by atoms with Gasteiger partial charge in [0.2, 0.25) is 0 Å². The van der Waals surface area contributed by atoms with Gasteiger partial charge in [-0.05, 0) is 0 Å². The molecule has 2 N–H and O–H groups in total. The summed E-state index contributed by atoms with van der Waals surface area (Å²) in [4.78, 5) is 0. The molecule has 1 rings (SSSR count). The first-order valence-corrected chi connectivity index (χ1v) is 5.24. The summed E-state index contributed by atoms with van der Waals surface area (Å²) in [5, 5.41) is 8.76. The predicted octanol–water partition coefficient (Wildman–Crippen LogP) is 1.19. The van der Waals surface area contributed by atoms with E-state index in [4.69, 9.17) is 5.73 Å². The largest absolute Gasteiger partial charge is 0.394 e.